The van der Waals surface area contributed by atoms with Crippen LogP contribution in [0.1, 0.15) is 0 Å². The Labute approximate surface area is 112 Å². The summed E-state index contributed by atoms with van der Waals surface area (Å²) in [4.78, 5) is 0. The van der Waals surface area contributed by atoms with E-state index in [2.05, 4.69) is 26.1 Å². The summed E-state index contributed by atoms with van der Waals surface area (Å²) in [7, 11) is 3.75. The van der Waals surface area contributed by atoms with Crippen LogP contribution in [0.3, 0.4) is 0 Å². The molecule has 3 rings (SSSR count). The first kappa shape index (κ1) is 11.3. The Bertz CT molecular complexity index is 721. The van der Waals surface area contributed by atoms with Gasteiger partial charge in [0.1, 0.15) is 10.4 Å². The van der Waals surface area contributed by atoms with Crippen molar-refractivity contribution in [2.75, 3.05) is 5.73 Å². The van der Waals surface area contributed by atoms with Gasteiger partial charge in [-0.25, -0.2) is 0 Å². The predicted molar refractivity (Wildman–Crippen MR) is 75.0 cm³/mol. The summed E-state index contributed by atoms with van der Waals surface area (Å²) in [5, 5.41) is 9.84. The molecule has 1 aromatic carbocycles. The fraction of sp³-hybridized carbons (Fsp3) is 0.167. The number of halogens is 1. The lowest BCUT2D eigenvalue weighted by Gasteiger charge is -2.00. The van der Waals surface area contributed by atoms with Gasteiger partial charge in [0, 0.05) is 31.1 Å². The van der Waals surface area contributed by atoms with Gasteiger partial charge in [-0.2, -0.15) is 10.2 Å². The van der Waals surface area contributed by atoms with E-state index in [0.717, 1.165) is 26.8 Å². The van der Waals surface area contributed by atoms with E-state index in [4.69, 9.17) is 5.73 Å². The maximum absolute atomic E-state index is 5.83. The van der Waals surface area contributed by atoms with Crippen molar-refractivity contribution < 1.29 is 0 Å². The largest absolute Gasteiger partial charge is 0.384 e. The van der Waals surface area contributed by atoms with Gasteiger partial charge in [0.15, 0.2) is 0 Å². The molecule has 18 heavy (non-hydrogen) atoms. The maximum Gasteiger partial charge on any atom is 0.136 e. The second-order valence-electron chi connectivity index (χ2n) is 4.19. The summed E-state index contributed by atoms with van der Waals surface area (Å²) in [6.45, 7) is 0. The van der Waals surface area contributed by atoms with Gasteiger partial charge in [0.25, 0.3) is 0 Å². The average molecular weight is 306 g/mol. The molecule has 0 radical (unpaired) electrons. The van der Waals surface area contributed by atoms with Gasteiger partial charge in [-0.1, -0.05) is 12.1 Å². The van der Waals surface area contributed by atoms with Crippen LogP contribution in [0.2, 0.25) is 0 Å². The van der Waals surface area contributed by atoms with Crippen molar-refractivity contribution >= 4 is 32.7 Å². The standard InChI is InChI=1S/C12H12BrN5/c1-17-9-5-3-4-7(11(9)12(13)16-17)8-6-10(14)18(2)15-8/h3-6H,14H2,1-2H3. The van der Waals surface area contributed by atoms with Crippen molar-refractivity contribution in [3.8, 4) is 11.3 Å². The van der Waals surface area contributed by atoms with Crippen LogP contribution in [0, 0.1) is 0 Å². The Hall–Kier alpha value is -1.82. The van der Waals surface area contributed by atoms with Crippen molar-refractivity contribution in [2.24, 2.45) is 14.1 Å². The molecule has 0 amide bonds. The Kier molecular flexibility index (Phi) is 2.41. The van der Waals surface area contributed by atoms with Crippen LogP contribution in [-0.4, -0.2) is 19.6 Å². The number of anilines is 1. The monoisotopic (exact) mass is 305 g/mol. The molecular weight excluding hydrogens is 294 g/mol. The van der Waals surface area contributed by atoms with Gasteiger partial charge in [0.2, 0.25) is 0 Å². The van der Waals surface area contributed by atoms with E-state index < -0.39 is 0 Å². The van der Waals surface area contributed by atoms with E-state index in [1.54, 1.807) is 4.68 Å². The second-order valence-corrected chi connectivity index (χ2v) is 4.94. The molecule has 0 aliphatic rings. The summed E-state index contributed by atoms with van der Waals surface area (Å²) >= 11 is 3.49. The molecule has 0 saturated carbocycles. The quantitative estimate of drug-likeness (QED) is 0.750. The topological polar surface area (TPSA) is 61.7 Å². The molecule has 92 valence electrons. The molecule has 2 aromatic heterocycles. The molecule has 2 N–H and O–H groups in total. The number of aromatic nitrogens is 4. The Morgan fingerprint density at radius 3 is 2.61 bits per heavy atom. The first-order valence-corrected chi connectivity index (χ1v) is 6.28. The second kappa shape index (κ2) is 3.84. The predicted octanol–water partition coefficient (Wildman–Crippen LogP) is 2.32. The molecule has 0 saturated heterocycles. The Morgan fingerprint density at radius 1 is 1.17 bits per heavy atom. The van der Waals surface area contributed by atoms with E-state index in [-0.39, 0.29) is 0 Å². The lowest BCUT2D eigenvalue weighted by Crippen LogP contribution is -1.96. The zero-order valence-corrected chi connectivity index (χ0v) is 11.6. The summed E-state index contributed by atoms with van der Waals surface area (Å²) in [6, 6.07) is 7.92. The van der Waals surface area contributed by atoms with Gasteiger partial charge in [0.05, 0.1) is 11.2 Å². The molecule has 0 unspecified atom stereocenters. The van der Waals surface area contributed by atoms with Crippen molar-refractivity contribution in [3.63, 3.8) is 0 Å². The lowest BCUT2D eigenvalue weighted by molar-refractivity contribution is 0.782. The molecule has 6 heteroatoms. The highest BCUT2D eigenvalue weighted by Gasteiger charge is 2.14. The van der Waals surface area contributed by atoms with Crippen molar-refractivity contribution in [1.82, 2.24) is 19.6 Å². The van der Waals surface area contributed by atoms with Crippen molar-refractivity contribution in [3.05, 3.63) is 28.9 Å². The highest BCUT2D eigenvalue weighted by molar-refractivity contribution is 9.10. The molecule has 0 atom stereocenters. The average Bonchev–Trinajstić information content (AvgIpc) is 2.82. The Morgan fingerprint density at radius 2 is 1.94 bits per heavy atom. The fourth-order valence-corrected chi connectivity index (χ4v) is 2.74. The molecule has 0 aliphatic heterocycles. The third kappa shape index (κ3) is 1.53. The Balaban J connectivity index is 2.35. The van der Waals surface area contributed by atoms with Crippen LogP contribution >= 0.6 is 15.9 Å². The first-order valence-electron chi connectivity index (χ1n) is 5.49. The minimum atomic E-state index is 0.641. The number of rotatable bonds is 1. The van der Waals surface area contributed by atoms with Crippen LogP contribution in [0.5, 0.6) is 0 Å². The molecule has 2 heterocycles. The van der Waals surface area contributed by atoms with Crippen LogP contribution in [-0.2, 0) is 14.1 Å². The zero-order chi connectivity index (χ0) is 12.9. The minimum absolute atomic E-state index is 0.641. The molecule has 0 bridgehead atoms. The van der Waals surface area contributed by atoms with Crippen molar-refractivity contribution in [1.29, 1.82) is 0 Å². The van der Waals surface area contributed by atoms with E-state index >= 15 is 0 Å². The molecule has 0 fully saturated rings. The number of aryl methyl sites for hydroxylation is 2. The smallest absolute Gasteiger partial charge is 0.136 e. The van der Waals surface area contributed by atoms with Gasteiger partial charge < -0.3 is 5.73 Å². The van der Waals surface area contributed by atoms with Crippen LogP contribution < -0.4 is 5.73 Å². The number of hydrogen-bond donors (Lipinski definition) is 1. The number of hydrogen-bond acceptors (Lipinski definition) is 3. The number of fused-ring (bicyclic) bond motifs is 1. The van der Waals surface area contributed by atoms with E-state index in [9.17, 15) is 0 Å². The van der Waals surface area contributed by atoms with Gasteiger partial charge in [-0.15, -0.1) is 0 Å². The van der Waals surface area contributed by atoms with Crippen molar-refractivity contribution in [2.45, 2.75) is 0 Å². The summed E-state index contributed by atoms with van der Waals surface area (Å²) in [5.74, 6) is 0.641. The third-order valence-corrected chi connectivity index (χ3v) is 3.58. The number of nitrogens with two attached hydrogens (primary N) is 1. The van der Waals surface area contributed by atoms with Gasteiger partial charge >= 0.3 is 0 Å². The SMILES string of the molecule is Cn1nc(-c2cccc3c2c(Br)nn3C)cc1N. The normalized spacial score (nSPS) is 11.3. The van der Waals surface area contributed by atoms with E-state index in [1.807, 2.05) is 43.0 Å². The molecule has 0 aliphatic carbocycles. The minimum Gasteiger partial charge on any atom is -0.384 e. The van der Waals surface area contributed by atoms with Crippen LogP contribution in [0.15, 0.2) is 28.9 Å². The molecule has 0 spiro atoms. The number of nitrogens with zero attached hydrogens (tertiary/aromatic N) is 4. The molecule has 5 nitrogen and oxygen atoms in total. The van der Waals surface area contributed by atoms with E-state index in [1.165, 1.54) is 0 Å². The highest BCUT2D eigenvalue weighted by atomic mass is 79.9. The third-order valence-electron chi connectivity index (χ3n) is 3.03. The van der Waals surface area contributed by atoms with Crippen LogP contribution in [0.25, 0.3) is 22.2 Å². The maximum atomic E-state index is 5.83. The molecule has 3 aromatic rings. The number of nitrogen functional groups attached to an aromatic ring is 1. The van der Waals surface area contributed by atoms with Gasteiger partial charge in [-0.05, 0) is 22.0 Å². The van der Waals surface area contributed by atoms with Gasteiger partial charge in [-0.3, -0.25) is 9.36 Å². The number of benzene rings is 1. The van der Waals surface area contributed by atoms with E-state index in [0.29, 0.717) is 5.82 Å². The molecular formula is C12H12BrN5. The summed E-state index contributed by atoms with van der Waals surface area (Å²) < 4.78 is 4.33. The highest BCUT2D eigenvalue weighted by Crippen LogP contribution is 2.33. The fourth-order valence-electron chi connectivity index (χ4n) is 2.09. The van der Waals surface area contributed by atoms with Crippen LogP contribution in [0.4, 0.5) is 5.82 Å². The lowest BCUT2D eigenvalue weighted by atomic mass is 10.1. The zero-order valence-electron chi connectivity index (χ0n) is 10.1. The summed E-state index contributed by atoms with van der Waals surface area (Å²) in [6.07, 6.45) is 0. The first-order chi connectivity index (χ1) is 8.58. The summed E-state index contributed by atoms with van der Waals surface area (Å²) in [5.41, 5.74) is 8.78.